The molecule has 90 valence electrons. The summed E-state index contributed by atoms with van der Waals surface area (Å²) in [6.45, 7) is 10.4. The molecule has 0 N–H and O–H groups in total. The van der Waals surface area contributed by atoms with Gasteiger partial charge < -0.3 is 0 Å². The summed E-state index contributed by atoms with van der Waals surface area (Å²) in [6.07, 6.45) is 0. The predicted molar refractivity (Wildman–Crippen MR) is 77.4 cm³/mol. The topological polar surface area (TPSA) is 0 Å². The van der Waals surface area contributed by atoms with Crippen LogP contribution in [0.3, 0.4) is 0 Å². The third kappa shape index (κ3) is 3.45. The molecule has 2 rings (SSSR count). The van der Waals surface area contributed by atoms with Crippen LogP contribution in [0, 0.1) is 20.8 Å². The van der Waals surface area contributed by atoms with Crippen LogP contribution >= 0.6 is 0 Å². The quantitative estimate of drug-likeness (QED) is 0.618. The first kappa shape index (κ1) is 13.5. The van der Waals surface area contributed by atoms with Crippen LogP contribution < -0.4 is 0 Å². The maximum absolute atomic E-state index is 2.23. The van der Waals surface area contributed by atoms with E-state index in [0.717, 1.165) is 0 Å². The first-order valence-corrected chi connectivity index (χ1v) is 6.31. The molecular weight excluding hydrogens is 204 g/mol. The SMILES string of the molecule is CC.Cc1cccc(-c2ccc(C)cc2C)c1. The maximum Gasteiger partial charge on any atom is -0.0154 e. The van der Waals surface area contributed by atoms with E-state index in [9.17, 15) is 0 Å². The second-order valence-corrected chi connectivity index (χ2v) is 4.19. The van der Waals surface area contributed by atoms with Crippen LogP contribution in [0.5, 0.6) is 0 Å². The van der Waals surface area contributed by atoms with Crippen molar-refractivity contribution in [2.45, 2.75) is 34.6 Å². The molecule has 0 bridgehead atoms. The Balaban J connectivity index is 0.000000686. The molecule has 0 saturated carbocycles. The molecule has 0 aliphatic carbocycles. The molecule has 2 aromatic rings. The summed E-state index contributed by atoms with van der Waals surface area (Å²) in [6, 6.07) is 15.3. The summed E-state index contributed by atoms with van der Waals surface area (Å²) >= 11 is 0. The molecule has 2 aromatic carbocycles. The minimum absolute atomic E-state index is 1.31. The van der Waals surface area contributed by atoms with Gasteiger partial charge in [-0.1, -0.05) is 67.4 Å². The second kappa shape index (κ2) is 6.24. The minimum atomic E-state index is 1.31. The third-order valence-corrected chi connectivity index (χ3v) is 2.71. The average Bonchev–Trinajstić information content (AvgIpc) is 2.31. The van der Waals surface area contributed by atoms with E-state index < -0.39 is 0 Å². The second-order valence-electron chi connectivity index (χ2n) is 4.19. The van der Waals surface area contributed by atoms with Gasteiger partial charge in [0.25, 0.3) is 0 Å². The lowest BCUT2D eigenvalue weighted by atomic mass is 9.98. The molecule has 0 aliphatic heterocycles. The number of benzene rings is 2. The van der Waals surface area contributed by atoms with Crippen molar-refractivity contribution >= 4 is 0 Å². The zero-order chi connectivity index (χ0) is 12.8. The largest absolute Gasteiger partial charge is 0.0683 e. The fourth-order valence-corrected chi connectivity index (χ4v) is 1.95. The molecule has 0 spiro atoms. The summed E-state index contributed by atoms with van der Waals surface area (Å²) in [4.78, 5) is 0. The van der Waals surface area contributed by atoms with E-state index in [1.165, 1.54) is 27.8 Å². The van der Waals surface area contributed by atoms with E-state index in [1.807, 2.05) is 13.8 Å². The molecular formula is C17H22. The Hall–Kier alpha value is -1.56. The maximum atomic E-state index is 2.23. The van der Waals surface area contributed by atoms with E-state index >= 15 is 0 Å². The molecule has 0 amide bonds. The highest BCUT2D eigenvalue weighted by atomic mass is 14.1. The van der Waals surface area contributed by atoms with Crippen LogP contribution in [0.4, 0.5) is 0 Å². The molecule has 0 radical (unpaired) electrons. The molecule has 0 aliphatic rings. The zero-order valence-corrected chi connectivity index (χ0v) is 11.5. The van der Waals surface area contributed by atoms with Crippen molar-refractivity contribution in [3.8, 4) is 11.1 Å². The molecule has 0 heterocycles. The van der Waals surface area contributed by atoms with Gasteiger partial charge in [-0.2, -0.15) is 0 Å². The van der Waals surface area contributed by atoms with Crippen molar-refractivity contribution in [2.24, 2.45) is 0 Å². The Bertz CT molecular complexity index is 481. The summed E-state index contributed by atoms with van der Waals surface area (Å²) in [5.41, 5.74) is 6.63. The van der Waals surface area contributed by atoms with Crippen molar-refractivity contribution in [3.63, 3.8) is 0 Å². The zero-order valence-electron chi connectivity index (χ0n) is 11.5. The Kier molecular flexibility index (Phi) is 4.96. The van der Waals surface area contributed by atoms with Crippen molar-refractivity contribution in [3.05, 3.63) is 59.2 Å². The van der Waals surface area contributed by atoms with Crippen molar-refractivity contribution in [2.75, 3.05) is 0 Å². The lowest BCUT2D eigenvalue weighted by Gasteiger charge is -2.07. The Morgan fingerprint density at radius 3 is 1.94 bits per heavy atom. The standard InChI is InChI=1S/C15H16.C2H6/c1-11-5-4-6-14(10-11)15-8-7-12(2)9-13(15)3;1-2/h4-10H,1-3H3;1-2H3. The fourth-order valence-electron chi connectivity index (χ4n) is 1.95. The normalized spacial score (nSPS) is 9.47. The molecule has 0 nitrogen and oxygen atoms in total. The number of hydrogen-bond donors (Lipinski definition) is 0. The monoisotopic (exact) mass is 226 g/mol. The summed E-state index contributed by atoms with van der Waals surface area (Å²) in [5.74, 6) is 0. The molecule has 0 fully saturated rings. The van der Waals surface area contributed by atoms with Gasteiger partial charge in [0.15, 0.2) is 0 Å². The fraction of sp³-hybridized carbons (Fsp3) is 0.294. The van der Waals surface area contributed by atoms with E-state index in [1.54, 1.807) is 0 Å². The van der Waals surface area contributed by atoms with Crippen molar-refractivity contribution in [1.82, 2.24) is 0 Å². The van der Waals surface area contributed by atoms with Gasteiger partial charge in [0.2, 0.25) is 0 Å². The number of rotatable bonds is 1. The lowest BCUT2D eigenvalue weighted by Crippen LogP contribution is -1.85. The first-order chi connectivity index (χ1) is 8.16. The van der Waals surface area contributed by atoms with Crippen molar-refractivity contribution < 1.29 is 0 Å². The van der Waals surface area contributed by atoms with Gasteiger partial charge in [0.05, 0.1) is 0 Å². The minimum Gasteiger partial charge on any atom is -0.0683 e. The van der Waals surface area contributed by atoms with Crippen LogP contribution in [0.2, 0.25) is 0 Å². The lowest BCUT2D eigenvalue weighted by molar-refractivity contribution is 1.37. The van der Waals surface area contributed by atoms with Gasteiger partial charge in [-0.05, 0) is 37.5 Å². The van der Waals surface area contributed by atoms with E-state index in [-0.39, 0.29) is 0 Å². The molecule has 0 heteroatoms. The van der Waals surface area contributed by atoms with E-state index in [0.29, 0.717) is 0 Å². The molecule has 0 aromatic heterocycles. The molecule has 0 atom stereocenters. The smallest absolute Gasteiger partial charge is 0.0154 e. The van der Waals surface area contributed by atoms with Gasteiger partial charge in [-0.15, -0.1) is 0 Å². The number of hydrogen-bond acceptors (Lipinski definition) is 0. The van der Waals surface area contributed by atoms with Gasteiger partial charge in [-0.25, -0.2) is 0 Å². The molecule has 0 unspecified atom stereocenters. The summed E-state index contributed by atoms with van der Waals surface area (Å²) in [7, 11) is 0. The Morgan fingerprint density at radius 2 is 1.35 bits per heavy atom. The third-order valence-electron chi connectivity index (χ3n) is 2.71. The van der Waals surface area contributed by atoms with Gasteiger partial charge in [0, 0.05) is 0 Å². The first-order valence-electron chi connectivity index (χ1n) is 6.31. The average molecular weight is 226 g/mol. The van der Waals surface area contributed by atoms with Gasteiger partial charge in [-0.3, -0.25) is 0 Å². The highest BCUT2D eigenvalue weighted by molar-refractivity contribution is 5.68. The highest BCUT2D eigenvalue weighted by Crippen LogP contribution is 2.24. The van der Waals surface area contributed by atoms with E-state index in [4.69, 9.17) is 0 Å². The Morgan fingerprint density at radius 1 is 0.706 bits per heavy atom. The van der Waals surface area contributed by atoms with Crippen LogP contribution in [0.25, 0.3) is 11.1 Å². The summed E-state index contributed by atoms with van der Waals surface area (Å²) in [5, 5.41) is 0. The Labute approximate surface area is 105 Å². The number of aryl methyl sites for hydroxylation is 3. The van der Waals surface area contributed by atoms with Crippen LogP contribution in [-0.4, -0.2) is 0 Å². The van der Waals surface area contributed by atoms with E-state index in [2.05, 4.69) is 63.2 Å². The van der Waals surface area contributed by atoms with Crippen LogP contribution in [-0.2, 0) is 0 Å². The van der Waals surface area contributed by atoms with Gasteiger partial charge in [0.1, 0.15) is 0 Å². The van der Waals surface area contributed by atoms with Crippen LogP contribution in [0.1, 0.15) is 30.5 Å². The van der Waals surface area contributed by atoms with Crippen LogP contribution in [0.15, 0.2) is 42.5 Å². The van der Waals surface area contributed by atoms with Crippen molar-refractivity contribution in [1.29, 1.82) is 0 Å². The molecule has 17 heavy (non-hydrogen) atoms. The summed E-state index contributed by atoms with van der Waals surface area (Å²) < 4.78 is 0. The van der Waals surface area contributed by atoms with Gasteiger partial charge >= 0.3 is 0 Å². The molecule has 0 saturated heterocycles. The predicted octanol–water partition coefficient (Wildman–Crippen LogP) is 5.31. The highest BCUT2D eigenvalue weighted by Gasteiger charge is 2.01.